The normalized spacial score (nSPS) is 20.4. The first-order valence-electron chi connectivity index (χ1n) is 11.3. The highest BCUT2D eigenvalue weighted by molar-refractivity contribution is 5.94. The van der Waals surface area contributed by atoms with Gasteiger partial charge in [0.25, 0.3) is 5.91 Å². The highest BCUT2D eigenvalue weighted by Crippen LogP contribution is 2.18. The fourth-order valence-corrected chi connectivity index (χ4v) is 3.94. The molecule has 2 fully saturated rings. The van der Waals surface area contributed by atoms with Crippen molar-refractivity contribution < 1.29 is 19.0 Å². The van der Waals surface area contributed by atoms with E-state index in [0.717, 1.165) is 50.7 Å². The van der Waals surface area contributed by atoms with Crippen LogP contribution in [0.4, 0.5) is 0 Å². The zero-order chi connectivity index (χ0) is 21.9. The number of aliphatic imine (C=N–C) groups is 1. The van der Waals surface area contributed by atoms with E-state index >= 15 is 0 Å². The number of rotatable bonds is 8. The molecule has 2 heterocycles. The molecule has 1 unspecified atom stereocenters. The maximum atomic E-state index is 12.2. The second-order valence-electron chi connectivity index (χ2n) is 7.97. The molecule has 0 radical (unpaired) electrons. The van der Waals surface area contributed by atoms with E-state index in [1.165, 1.54) is 12.8 Å². The molecule has 0 aromatic heterocycles. The van der Waals surface area contributed by atoms with Gasteiger partial charge >= 0.3 is 0 Å². The average molecular weight is 433 g/mol. The van der Waals surface area contributed by atoms with Gasteiger partial charge in [-0.05, 0) is 56.4 Å². The molecular formula is C23H36N4O4. The van der Waals surface area contributed by atoms with Crippen LogP contribution >= 0.6 is 0 Å². The largest absolute Gasteiger partial charge is 0.497 e. The summed E-state index contributed by atoms with van der Waals surface area (Å²) in [6, 6.07) is 7.08. The quantitative estimate of drug-likeness (QED) is 0.372. The Balaban J connectivity index is 1.31. The number of carbonyl (C=O) groups excluding carboxylic acids is 1. The third-order valence-corrected chi connectivity index (χ3v) is 5.79. The van der Waals surface area contributed by atoms with Crippen molar-refractivity contribution >= 4 is 11.9 Å². The Kier molecular flexibility index (Phi) is 9.42. The number of hydrogen-bond acceptors (Lipinski definition) is 5. The molecule has 1 amide bonds. The lowest BCUT2D eigenvalue weighted by atomic mass is 10.1. The summed E-state index contributed by atoms with van der Waals surface area (Å²) in [6.45, 7) is 4.54. The van der Waals surface area contributed by atoms with Crippen LogP contribution in [-0.2, 0) is 9.47 Å². The molecule has 2 N–H and O–H groups in total. The zero-order valence-corrected chi connectivity index (χ0v) is 18.8. The summed E-state index contributed by atoms with van der Waals surface area (Å²) in [7, 11) is 3.40. The number of nitrogens with zero attached hydrogens (tertiary/aromatic N) is 2. The number of hydrogen-bond donors (Lipinski definition) is 2. The molecule has 0 bridgehead atoms. The molecule has 1 atom stereocenters. The van der Waals surface area contributed by atoms with Crippen LogP contribution < -0.4 is 15.4 Å². The minimum atomic E-state index is -0.0978. The lowest BCUT2D eigenvalue weighted by Gasteiger charge is -2.35. The predicted molar refractivity (Wildman–Crippen MR) is 121 cm³/mol. The van der Waals surface area contributed by atoms with E-state index in [2.05, 4.69) is 20.5 Å². The maximum absolute atomic E-state index is 12.2. The number of guanidine groups is 1. The van der Waals surface area contributed by atoms with Crippen molar-refractivity contribution in [3.05, 3.63) is 29.8 Å². The standard InChI is InChI=1S/C23H36N4O4/c1-24-23(26-13-12-25-22(28)18-6-8-19(29-2)9-7-18)27-14-10-20(11-15-27)31-17-21-5-3-4-16-30-21/h6-9,20-21H,3-5,10-17H2,1-2H3,(H,24,26)(H,25,28). The van der Waals surface area contributed by atoms with Crippen LogP contribution in [0.5, 0.6) is 5.75 Å². The number of amides is 1. The Labute approximate surface area is 185 Å². The van der Waals surface area contributed by atoms with E-state index < -0.39 is 0 Å². The molecule has 1 aromatic carbocycles. The SMILES string of the molecule is CN=C(NCCNC(=O)c1ccc(OC)cc1)N1CCC(OCC2CCCCO2)CC1. The van der Waals surface area contributed by atoms with Gasteiger partial charge < -0.3 is 29.7 Å². The van der Waals surface area contributed by atoms with Crippen LogP contribution in [0.25, 0.3) is 0 Å². The number of nitrogens with one attached hydrogen (secondary N) is 2. The van der Waals surface area contributed by atoms with Crippen molar-refractivity contribution in [2.45, 2.75) is 44.3 Å². The van der Waals surface area contributed by atoms with Crippen molar-refractivity contribution in [1.82, 2.24) is 15.5 Å². The van der Waals surface area contributed by atoms with Gasteiger partial charge in [0, 0.05) is 45.4 Å². The molecule has 0 saturated carbocycles. The van der Waals surface area contributed by atoms with Gasteiger partial charge in [-0.25, -0.2) is 0 Å². The van der Waals surface area contributed by atoms with Crippen molar-refractivity contribution in [2.75, 3.05) is 53.6 Å². The molecule has 172 valence electrons. The second kappa shape index (κ2) is 12.5. The monoisotopic (exact) mass is 432 g/mol. The van der Waals surface area contributed by atoms with E-state index in [1.807, 2.05) is 0 Å². The van der Waals surface area contributed by atoms with Gasteiger partial charge in [0.05, 0.1) is 25.9 Å². The fourth-order valence-electron chi connectivity index (χ4n) is 3.94. The highest BCUT2D eigenvalue weighted by atomic mass is 16.5. The Hall–Kier alpha value is -2.32. The van der Waals surface area contributed by atoms with Gasteiger partial charge in [-0.15, -0.1) is 0 Å². The van der Waals surface area contributed by atoms with Gasteiger partial charge in [0.2, 0.25) is 0 Å². The first-order chi connectivity index (χ1) is 15.2. The van der Waals surface area contributed by atoms with Gasteiger partial charge in [-0.1, -0.05) is 0 Å². The summed E-state index contributed by atoms with van der Waals surface area (Å²) in [4.78, 5) is 18.9. The summed E-state index contributed by atoms with van der Waals surface area (Å²) < 4.78 is 17.0. The van der Waals surface area contributed by atoms with E-state index in [4.69, 9.17) is 14.2 Å². The second-order valence-corrected chi connectivity index (χ2v) is 7.97. The smallest absolute Gasteiger partial charge is 0.251 e. The molecule has 3 rings (SSSR count). The van der Waals surface area contributed by atoms with Crippen molar-refractivity contribution in [3.8, 4) is 5.75 Å². The molecule has 1 aromatic rings. The Bertz CT molecular complexity index is 696. The van der Waals surface area contributed by atoms with Gasteiger partial charge in [0.1, 0.15) is 5.75 Å². The lowest BCUT2D eigenvalue weighted by Crippen LogP contribution is -2.48. The summed E-state index contributed by atoms with van der Waals surface area (Å²) in [6.07, 6.45) is 6.08. The van der Waals surface area contributed by atoms with Crippen LogP contribution in [0.15, 0.2) is 29.3 Å². The van der Waals surface area contributed by atoms with Gasteiger partial charge in [0.15, 0.2) is 5.96 Å². The van der Waals surface area contributed by atoms with Crippen molar-refractivity contribution in [1.29, 1.82) is 0 Å². The summed E-state index contributed by atoms with van der Waals surface area (Å²) >= 11 is 0. The molecule has 31 heavy (non-hydrogen) atoms. The van der Waals surface area contributed by atoms with Crippen molar-refractivity contribution in [2.24, 2.45) is 4.99 Å². The highest BCUT2D eigenvalue weighted by Gasteiger charge is 2.23. The van der Waals surface area contributed by atoms with E-state index in [9.17, 15) is 4.79 Å². The van der Waals surface area contributed by atoms with Crippen LogP contribution in [0, 0.1) is 0 Å². The van der Waals surface area contributed by atoms with Gasteiger partial charge in [-0.2, -0.15) is 0 Å². The molecule has 8 heteroatoms. The number of benzene rings is 1. The lowest BCUT2D eigenvalue weighted by molar-refractivity contribution is -0.0721. The minimum Gasteiger partial charge on any atom is -0.497 e. The summed E-state index contributed by atoms with van der Waals surface area (Å²) in [5.74, 6) is 1.51. The summed E-state index contributed by atoms with van der Waals surface area (Å²) in [5.41, 5.74) is 0.617. The Morgan fingerprint density at radius 2 is 1.87 bits per heavy atom. The zero-order valence-electron chi connectivity index (χ0n) is 18.8. The first kappa shape index (κ1) is 23.3. The Morgan fingerprint density at radius 3 is 2.52 bits per heavy atom. The Morgan fingerprint density at radius 1 is 1.13 bits per heavy atom. The van der Waals surface area contributed by atoms with Crippen LogP contribution in [0.2, 0.25) is 0 Å². The molecule has 2 saturated heterocycles. The molecule has 2 aliphatic rings. The van der Waals surface area contributed by atoms with Crippen LogP contribution in [-0.4, -0.2) is 82.5 Å². The van der Waals surface area contributed by atoms with Crippen LogP contribution in [0.3, 0.4) is 0 Å². The fraction of sp³-hybridized carbons (Fsp3) is 0.652. The molecular weight excluding hydrogens is 396 g/mol. The number of methoxy groups -OCH3 is 1. The van der Waals surface area contributed by atoms with Crippen molar-refractivity contribution in [3.63, 3.8) is 0 Å². The number of piperidine rings is 1. The average Bonchev–Trinajstić information content (AvgIpc) is 2.84. The number of ether oxygens (including phenoxy) is 3. The third kappa shape index (κ3) is 7.40. The summed E-state index contributed by atoms with van der Waals surface area (Å²) in [5, 5.41) is 6.27. The maximum Gasteiger partial charge on any atom is 0.251 e. The van der Waals surface area contributed by atoms with E-state index in [-0.39, 0.29) is 12.0 Å². The third-order valence-electron chi connectivity index (χ3n) is 5.79. The number of carbonyl (C=O) groups is 1. The van der Waals surface area contributed by atoms with Gasteiger partial charge in [-0.3, -0.25) is 9.79 Å². The topological polar surface area (TPSA) is 84.4 Å². The number of likely N-dealkylation sites (tertiary alicyclic amines) is 1. The minimum absolute atomic E-state index is 0.0978. The predicted octanol–water partition coefficient (Wildman–Crippen LogP) is 2.05. The first-order valence-corrected chi connectivity index (χ1v) is 11.3. The molecule has 2 aliphatic heterocycles. The molecule has 8 nitrogen and oxygen atoms in total. The van der Waals surface area contributed by atoms with E-state index in [1.54, 1.807) is 38.4 Å². The van der Waals surface area contributed by atoms with Crippen LogP contribution in [0.1, 0.15) is 42.5 Å². The molecule has 0 spiro atoms. The van der Waals surface area contributed by atoms with E-state index in [0.29, 0.717) is 31.4 Å². The molecule has 0 aliphatic carbocycles.